The predicted molar refractivity (Wildman–Crippen MR) is 64.2 cm³/mol. The summed E-state index contributed by atoms with van der Waals surface area (Å²) < 4.78 is 42.1. The van der Waals surface area contributed by atoms with E-state index in [4.69, 9.17) is 0 Å². The first-order valence-corrected chi connectivity index (χ1v) is 5.99. The van der Waals surface area contributed by atoms with Crippen molar-refractivity contribution < 1.29 is 17.9 Å². The highest BCUT2D eigenvalue weighted by Crippen LogP contribution is 2.21. The summed E-state index contributed by atoms with van der Waals surface area (Å²) in [5.41, 5.74) is 1.54. The lowest BCUT2D eigenvalue weighted by Crippen LogP contribution is -2.17. The Morgan fingerprint density at radius 2 is 2.11 bits per heavy atom. The van der Waals surface area contributed by atoms with Gasteiger partial charge in [-0.25, -0.2) is 4.98 Å². The van der Waals surface area contributed by atoms with E-state index in [-0.39, 0.29) is 6.54 Å². The van der Waals surface area contributed by atoms with Gasteiger partial charge in [0.15, 0.2) is 0 Å². The SMILES string of the molecule is Cc1nc2ccc(Br)cc2n1CCOC(F)(F)F. The summed E-state index contributed by atoms with van der Waals surface area (Å²) in [6, 6.07) is 5.47. The van der Waals surface area contributed by atoms with Gasteiger partial charge in [0.1, 0.15) is 5.82 Å². The first-order valence-electron chi connectivity index (χ1n) is 5.20. The van der Waals surface area contributed by atoms with Crippen molar-refractivity contribution in [3.05, 3.63) is 28.5 Å². The molecule has 0 radical (unpaired) electrons. The number of hydrogen-bond donors (Lipinski definition) is 0. The summed E-state index contributed by atoms with van der Waals surface area (Å²) in [4.78, 5) is 4.27. The molecule has 0 aliphatic rings. The Morgan fingerprint density at radius 1 is 1.39 bits per heavy atom. The van der Waals surface area contributed by atoms with Gasteiger partial charge < -0.3 is 4.57 Å². The zero-order valence-corrected chi connectivity index (χ0v) is 11.0. The second kappa shape index (κ2) is 4.89. The van der Waals surface area contributed by atoms with Gasteiger partial charge in [-0.3, -0.25) is 4.74 Å². The van der Waals surface area contributed by atoms with Gasteiger partial charge in [0.05, 0.1) is 17.6 Å². The van der Waals surface area contributed by atoms with Crippen molar-refractivity contribution in [2.75, 3.05) is 6.61 Å². The van der Waals surface area contributed by atoms with Crippen molar-refractivity contribution in [3.8, 4) is 0 Å². The van der Waals surface area contributed by atoms with E-state index < -0.39 is 13.0 Å². The number of alkyl halides is 3. The van der Waals surface area contributed by atoms with Gasteiger partial charge in [-0.1, -0.05) is 15.9 Å². The van der Waals surface area contributed by atoms with Crippen LogP contribution in [0.5, 0.6) is 0 Å². The average Bonchev–Trinajstić information content (AvgIpc) is 2.54. The number of halogens is 4. The lowest BCUT2D eigenvalue weighted by atomic mass is 10.3. The summed E-state index contributed by atoms with van der Waals surface area (Å²) in [5.74, 6) is 0.661. The van der Waals surface area contributed by atoms with Crippen LogP contribution in [0, 0.1) is 6.92 Å². The van der Waals surface area contributed by atoms with Gasteiger partial charge in [-0.05, 0) is 25.1 Å². The molecule has 1 aromatic heterocycles. The predicted octanol–water partition coefficient (Wildman–Crippen LogP) is 3.64. The molecule has 0 fully saturated rings. The number of fused-ring (bicyclic) bond motifs is 1. The van der Waals surface area contributed by atoms with Crippen LogP contribution >= 0.6 is 15.9 Å². The Hall–Kier alpha value is -1.08. The van der Waals surface area contributed by atoms with Crippen molar-refractivity contribution in [2.45, 2.75) is 19.8 Å². The van der Waals surface area contributed by atoms with Crippen molar-refractivity contribution in [3.63, 3.8) is 0 Å². The zero-order chi connectivity index (χ0) is 13.3. The van der Waals surface area contributed by atoms with Crippen LogP contribution in [0.3, 0.4) is 0 Å². The number of hydrogen-bond acceptors (Lipinski definition) is 2. The van der Waals surface area contributed by atoms with Gasteiger partial charge in [0.25, 0.3) is 0 Å². The molecule has 2 rings (SSSR count). The molecular formula is C11H10BrF3N2O. The molecule has 18 heavy (non-hydrogen) atoms. The number of aromatic nitrogens is 2. The highest BCUT2D eigenvalue weighted by Gasteiger charge is 2.28. The second-order valence-electron chi connectivity index (χ2n) is 3.74. The molecule has 1 aromatic carbocycles. The van der Waals surface area contributed by atoms with Gasteiger partial charge in [-0.15, -0.1) is 13.2 Å². The molecule has 0 amide bonds. The Kier molecular flexibility index (Phi) is 3.63. The van der Waals surface area contributed by atoms with Crippen molar-refractivity contribution in [1.29, 1.82) is 0 Å². The van der Waals surface area contributed by atoms with Crippen LogP contribution in [0.4, 0.5) is 13.2 Å². The van der Waals surface area contributed by atoms with Crippen LogP contribution in [-0.4, -0.2) is 22.5 Å². The van der Waals surface area contributed by atoms with Crippen LogP contribution in [-0.2, 0) is 11.3 Å². The number of rotatable bonds is 3. The van der Waals surface area contributed by atoms with Gasteiger partial charge in [0.2, 0.25) is 0 Å². The molecule has 3 nitrogen and oxygen atoms in total. The fourth-order valence-electron chi connectivity index (χ4n) is 1.75. The average molecular weight is 323 g/mol. The van der Waals surface area contributed by atoms with E-state index in [0.717, 1.165) is 15.5 Å². The lowest BCUT2D eigenvalue weighted by Gasteiger charge is -2.09. The van der Waals surface area contributed by atoms with Crippen molar-refractivity contribution >= 4 is 27.0 Å². The molecule has 0 spiro atoms. The number of imidazole rings is 1. The number of nitrogens with zero attached hydrogens (tertiary/aromatic N) is 2. The van der Waals surface area contributed by atoms with Crippen LogP contribution in [0.1, 0.15) is 5.82 Å². The minimum absolute atomic E-state index is 0.109. The van der Waals surface area contributed by atoms with E-state index >= 15 is 0 Å². The Labute approximate surface area is 110 Å². The normalized spacial score (nSPS) is 12.3. The summed E-state index contributed by atoms with van der Waals surface area (Å²) in [6.07, 6.45) is -4.59. The second-order valence-corrected chi connectivity index (χ2v) is 4.65. The molecular weight excluding hydrogens is 313 g/mol. The minimum Gasteiger partial charge on any atom is -0.326 e. The Morgan fingerprint density at radius 3 is 2.78 bits per heavy atom. The van der Waals surface area contributed by atoms with E-state index in [9.17, 15) is 13.2 Å². The Balaban J connectivity index is 2.22. The molecule has 0 unspecified atom stereocenters. The summed E-state index contributed by atoms with van der Waals surface area (Å²) in [6.45, 7) is 1.43. The standard InChI is InChI=1S/C11H10BrF3N2O/c1-7-16-9-3-2-8(12)6-10(9)17(7)4-5-18-11(13,14)15/h2-3,6H,4-5H2,1H3. The summed E-state index contributed by atoms with van der Waals surface area (Å²) in [5, 5.41) is 0. The fraction of sp³-hybridized carbons (Fsp3) is 0.364. The van der Waals surface area contributed by atoms with Crippen LogP contribution in [0.2, 0.25) is 0 Å². The molecule has 0 N–H and O–H groups in total. The number of ether oxygens (including phenoxy) is 1. The topological polar surface area (TPSA) is 27.1 Å². The number of aryl methyl sites for hydroxylation is 1. The third-order valence-corrected chi connectivity index (χ3v) is 2.98. The molecule has 98 valence electrons. The van der Waals surface area contributed by atoms with Gasteiger partial charge >= 0.3 is 6.36 Å². The van der Waals surface area contributed by atoms with Crippen molar-refractivity contribution in [2.24, 2.45) is 0 Å². The quantitative estimate of drug-likeness (QED) is 0.862. The van der Waals surface area contributed by atoms with E-state index in [1.165, 1.54) is 0 Å². The first-order chi connectivity index (χ1) is 8.37. The van der Waals surface area contributed by atoms with E-state index in [2.05, 4.69) is 25.7 Å². The van der Waals surface area contributed by atoms with Crippen LogP contribution < -0.4 is 0 Å². The van der Waals surface area contributed by atoms with E-state index in [1.807, 2.05) is 18.2 Å². The molecule has 0 bridgehead atoms. The highest BCUT2D eigenvalue weighted by atomic mass is 79.9. The maximum atomic E-state index is 11.9. The Bertz CT molecular complexity index is 565. The molecule has 0 saturated carbocycles. The summed E-state index contributed by atoms with van der Waals surface area (Å²) >= 11 is 3.32. The minimum atomic E-state index is -4.59. The van der Waals surface area contributed by atoms with Crippen LogP contribution in [0.25, 0.3) is 11.0 Å². The monoisotopic (exact) mass is 322 g/mol. The van der Waals surface area contributed by atoms with E-state index in [0.29, 0.717) is 5.82 Å². The first kappa shape index (κ1) is 13.4. The fourth-order valence-corrected chi connectivity index (χ4v) is 2.10. The molecule has 1 heterocycles. The van der Waals surface area contributed by atoms with Crippen molar-refractivity contribution in [1.82, 2.24) is 9.55 Å². The highest BCUT2D eigenvalue weighted by molar-refractivity contribution is 9.10. The zero-order valence-electron chi connectivity index (χ0n) is 9.46. The molecule has 0 aliphatic carbocycles. The van der Waals surface area contributed by atoms with Gasteiger partial charge in [0, 0.05) is 11.0 Å². The third-order valence-electron chi connectivity index (χ3n) is 2.48. The molecule has 0 atom stereocenters. The molecule has 2 aromatic rings. The van der Waals surface area contributed by atoms with Crippen LogP contribution in [0.15, 0.2) is 22.7 Å². The maximum absolute atomic E-state index is 11.9. The molecule has 0 aliphatic heterocycles. The number of benzene rings is 1. The smallest absolute Gasteiger partial charge is 0.326 e. The largest absolute Gasteiger partial charge is 0.522 e. The third kappa shape index (κ3) is 3.02. The molecule has 0 saturated heterocycles. The molecule has 7 heteroatoms. The summed E-state index contributed by atoms with van der Waals surface area (Å²) in [7, 11) is 0. The maximum Gasteiger partial charge on any atom is 0.522 e. The van der Waals surface area contributed by atoms with E-state index in [1.54, 1.807) is 11.5 Å². The van der Waals surface area contributed by atoms with Gasteiger partial charge in [-0.2, -0.15) is 0 Å². The lowest BCUT2D eigenvalue weighted by molar-refractivity contribution is -0.325.